The predicted octanol–water partition coefficient (Wildman–Crippen LogP) is 2.46. The molecule has 1 amide bonds. The zero-order valence-corrected chi connectivity index (χ0v) is 11.8. The lowest BCUT2D eigenvalue weighted by molar-refractivity contribution is -0.141. The number of aliphatic carboxylic acids is 1. The molecule has 0 radical (unpaired) electrons. The Labute approximate surface area is 122 Å². The number of hydrogen-bond donors (Lipinski definition) is 3. The van der Waals surface area contributed by atoms with Gasteiger partial charge < -0.3 is 15.4 Å². The monoisotopic (exact) mass is 286 g/mol. The van der Waals surface area contributed by atoms with Crippen LogP contribution in [0.25, 0.3) is 10.9 Å². The van der Waals surface area contributed by atoms with Gasteiger partial charge >= 0.3 is 5.97 Å². The van der Waals surface area contributed by atoms with Crippen LogP contribution in [0.2, 0.25) is 0 Å². The topological polar surface area (TPSA) is 82.2 Å². The van der Waals surface area contributed by atoms with Crippen molar-refractivity contribution in [2.45, 2.75) is 32.2 Å². The zero-order valence-electron chi connectivity index (χ0n) is 11.8. The Hall–Kier alpha value is -2.30. The van der Waals surface area contributed by atoms with Gasteiger partial charge in [-0.05, 0) is 43.9 Å². The maximum Gasteiger partial charge on any atom is 0.306 e. The maximum atomic E-state index is 12.2. The summed E-state index contributed by atoms with van der Waals surface area (Å²) in [6.07, 6.45) is 1.87. The van der Waals surface area contributed by atoms with Gasteiger partial charge in [0, 0.05) is 16.9 Å². The Bertz CT molecular complexity index is 705. The van der Waals surface area contributed by atoms with Gasteiger partial charge in [0.2, 0.25) is 0 Å². The number of nitrogens with one attached hydrogen (secondary N) is 2. The van der Waals surface area contributed by atoms with Crippen LogP contribution < -0.4 is 5.32 Å². The first-order valence-corrected chi connectivity index (χ1v) is 7.16. The quantitative estimate of drug-likeness (QED) is 0.810. The summed E-state index contributed by atoms with van der Waals surface area (Å²) in [5.74, 6) is -1.27. The van der Waals surface area contributed by atoms with Crippen LogP contribution in [0.1, 0.15) is 35.3 Å². The van der Waals surface area contributed by atoms with E-state index in [1.165, 1.54) is 0 Å². The van der Waals surface area contributed by atoms with E-state index < -0.39 is 5.97 Å². The third-order valence-corrected chi connectivity index (χ3v) is 4.14. The van der Waals surface area contributed by atoms with E-state index in [9.17, 15) is 9.59 Å². The first kappa shape index (κ1) is 13.7. The number of aryl methyl sites for hydroxylation is 1. The van der Waals surface area contributed by atoms with Crippen molar-refractivity contribution in [3.63, 3.8) is 0 Å². The second-order valence-corrected chi connectivity index (χ2v) is 5.79. The van der Waals surface area contributed by atoms with Crippen LogP contribution in [0.15, 0.2) is 24.3 Å². The normalized spacial score (nSPS) is 21.6. The summed E-state index contributed by atoms with van der Waals surface area (Å²) in [7, 11) is 0. The summed E-state index contributed by atoms with van der Waals surface area (Å²) in [6, 6.07) is 7.77. The number of carboxylic acid groups (broad SMARTS) is 1. The molecule has 5 nitrogen and oxygen atoms in total. The van der Waals surface area contributed by atoms with Gasteiger partial charge in [-0.2, -0.15) is 0 Å². The van der Waals surface area contributed by atoms with E-state index >= 15 is 0 Å². The van der Waals surface area contributed by atoms with Crippen molar-refractivity contribution < 1.29 is 14.7 Å². The van der Waals surface area contributed by atoms with Crippen molar-refractivity contribution in [3.05, 3.63) is 35.5 Å². The van der Waals surface area contributed by atoms with E-state index in [0.29, 0.717) is 18.5 Å². The smallest absolute Gasteiger partial charge is 0.306 e. The molecule has 1 heterocycles. The fraction of sp³-hybridized carbons (Fsp3) is 0.375. The molecular formula is C16H18N2O3. The number of carbonyl (C=O) groups is 2. The van der Waals surface area contributed by atoms with Crippen molar-refractivity contribution in [3.8, 4) is 0 Å². The number of carboxylic acids is 1. The Balaban J connectivity index is 1.71. The number of rotatable bonds is 3. The zero-order chi connectivity index (χ0) is 15.0. The molecule has 0 aliphatic heterocycles. The first-order valence-electron chi connectivity index (χ1n) is 7.16. The van der Waals surface area contributed by atoms with Crippen molar-refractivity contribution in [2.75, 3.05) is 0 Å². The molecule has 3 rings (SSSR count). The lowest BCUT2D eigenvalue weighted by atomic mass is 10.1. The molecule has 5 heteroatoms. The van der Waals surface area contributed by atoms with Crippen molar-refractivity contribution in [1.82, 2.24) is 10.3 Å². The van der Waals surface area contributed by atoms with E-state index in [1.807, 2.05) is 31.2 Å². The highest BCUT2D eigenvalue weighted by molar-refractivity contribution is 5.98. The second-order valence-electron chi connectivity index (χ2n) is 5.79. The van der Waals surface area contributed by atoms with Gasteiger partial charge in [0.1, 0.15) is 5.69 Å². The highest BCUT2D eigenvalue weighted by Crippen LogP contribution is 2.26. The Morgan fingerprint density at radius 3 is 2.81 bits per heavy atom. The Morgan fingerprint density at radius 1 is 1.29 bits per heavy atom. The van der Waals surface area contributed by atoms with Crippen molar-refractivity contribution in [1.29, 1.82) is 0 Å². The van der Waals surface area contributed by atoms with Crippen molar-refractivity contribution in [2.24, 2.45) is 5.92 Å². The van der Waals surface area contributed by atoms with E-state index in [4.69, 9.17) is 5.11 Å². The SMILES string of the molecule is Cc1ccc2cc(C(=O)N[C@H]3CC[C@@H](C(=O)O)C3)[nH]c2c1. The molecule has 2 aromatic rings. The molecule has 0 bridgehead atoms. The summed E-state index contributed by atoms with van der Waals surface area (Å²) in [4.78, 5) is 26.3. The number of aromatic amines is 1. The number of amides is 1. The lowest BCUT2D eigenvalue weighted by Crippen LogP contribution is -2.33. The molecule has 0 saturated heterocycles. The molecule has 1 aromatic heterocycles. The van der Waals surface area contributed by atoms with Gasteiger partial charge in [-0.15, -0.1) is 0 Å². The molecule has 1 aliphatic rings. The Kier molecular flexibility index (Phi) is 3.41. The van der Waals surface area contributed by atoms with Crippen LogP contribution in [-0.4, -0.2) is 28.0 Å². The number of aromatic nitrogens is 1. The summed E-state index contributed by atoms with van der Waals surface area (Å²) in [5, 5.41) is 12.9. The number of fused-ring (bicyclic) bond motifs is 1. The molecule has 0 spiro atoms. The number of H-pyrrole nitrogens is 1. The fourth-order valence-corrected chi connectivity index (χ4v) is 2.96. The van der Waals surface area contributed by atoms with Crippen LogP contribution in [0.5, 0.6) is 0 Å². The molecule has 110 valence electrons. The van der Waals surface area contributed by atoms with Gasteiger partial charge in [0.05, 0.1) is 5.92 Å². The molecule has 1 aliphatic carbocycles. The molecule has 2 atom stereocenters. The minimum atomic E-state index is -0.771. The van der Waals surface area contributed by atoms with Crippen LogP contribution >= 0.6 is 0 Å². The minimum Gasteiger partial charge on any atom is -0.481 e. The highest BCUT2D eigenvalue weighted by atomic mass is 16.4. The fourth-order valence-electron chi connectivity index (χ4n) is 2.96. The Morgan fingerprint density at radius 2 is 2.10 bits per heavy atom. The molecule has 21 heavy (non-hydrogen) atoms. The van der Waals surface area contributed by atoms with Gasteiger partial charge in [-0.3, -0.25) is 9.59 Å². The van der Waals surface area contributed by atoms with E-state index in [1.54, 1.807) is 0 Å². The highest BCUT2D eigenvalue weighted by Gasteiger charge is 2.30. The van der Waals surface area contributed by atoms with E-state index in [-0.39, 0.29) is 17.9 Å². The molecular weight excluding hydrogens is 268 g/mol. The second kappa shape index (κ2) is 5.24. The molecule has 0 unspecified atom stereocenters. The largest absolute Gasteiger partial charge is 0.481 e. The standard InChI is InChI=1S/C16H18N2O3/c1-9-2-3-10-8-14(18-13(10)6-9)15(19)17-12-5-4-11(7-12)16(20)21/h2-3,6,8,11-12,18H,4-5,7H2,1H3,(H,17,19)(H,20,21)/t11-,12+/m1/s1. The minimum absolute atomic E-state index is 0.0493. The van der Waals surface area contributed by atoms with Crippen LogP contribution in [0.3, 0.4) is 0 Å². The van der Waals surface area contributed by atoms with Gasteiger partial charge in [0.15, 0.2) is 0 Å². The average molecular weight is 286 g/mol. The molecule has 1 saturated carbocycles. The van der Waals surface area contributed by atoms with Gasteiger partial charge in [0.25, 0.3) is 5.91 Å². The number of carbonyl (C=O) groups excluding carboxylic acids is 1. The predicted molar refractivity (Wildman–Crippen MR) is 79.3 cm³/mol. The number of benzene rings is 1. The number of hydrogen-bond acceptors (Lipinski definition) is 2. The molecule has 1 aromatic carbocycles. The third-order valence-electron chi connectivity index (χ3n) is 4.14. The summed E-state index contributed by atoms with van der Waals surface area (Å²) >= 11 is 0. The average Bonchev–Trinajstić information content (AvgIpc) is 3.04. The van der Waals surface area contributed by atoms with E-state index in [0.717, 1.165) is 22.9 Å². The summed E-state index contributed by atoms with van der Waals surface area (Å²) in [6.45, 7) is 2.00. The molecule has 3 N–H and O–H groups in total. The van der Waals surface area contributed by atoms with Crippen molar-refractivity contribution >= 4 is 22.8 Å². The van der Waals surface area contributed by atoms with Crippen LogP contribution in [0, 0.1) is 12.8 Å². The first-order chi connectivity index (χ1) is 10.0. The van der Waals surface area contributed by atoms with Crippen LogP contribution in [0.4, 0.5) is 0 Å². The van der Waals surface area contributed by atoms with E-state index in [2.05, 4.69) is 10.3 Å². The third kappa shape index (κ3) is 2.77. The van der Waals surface area contributed by atoms with Crippen LogP contribution in [-0.2, 0) is 4.79 Å². The maximum absolute atomic E-state index is 12.2. The summed E-state index contributed by atoms with van der Waals surface area (Å²) in [5.41, 5.74) is 2.60. The lowest BCUT2D eigenvalue weighted by Gasteiger charge is -2.11. The van der Waals surface area contributed by atoms with Gasteiger partial charge in [-0.1, -0.05) is 12.1 Å². The molecule has 1 fully saturated rings. The summed E-state index contributed by atoms with van der Waals surface area (Å²) < 4.78 is 0. The van der Waals surface area contributed by atoms with Gasteiger partial charge in [-0.25, -0.2) is 0 Å².